The van der Waals surface area contributed by atoms with Crippen molar-refractivity contribution in [1.82, 2.24) is 21.1 Å². The number of carbonyl (C=O) groups excluding carboxylic acids is 1. The molecule has 32 heavy (non-hydrogen) atoms. The van der Waals surface area contributed by atoms with Gasteiger partial charge in [0, 0.05) is 44.3 Å². The van der Waals surface area contributed by atoms with Crippen LogP contribution in [0, 0.1) is 0 Å². The first kappa shape index (κ1) is 23.8. The Morgan fingerprint density at radius 1 is 1.19 bits per heavy atom. The number of guanidine groups is 1. The Bertz CT molecular complexity index is 885. The summed E-state index contributed by atoms with van der Waals surface area (Å²) in [5.74, 6) is 1.78. The highest BCUT2D eigenvalue weighted by Gasteiger charge is 2.17. The van der Waals surface area contributed by atoms with Crippen LogP contribution < -0.4 is 16.0 Å². The lowest BCUT2D eigenvalue weighted by Gasteiger charge is -2.13. The lowest BCUT2D eigenvalue weighted by atomic mass is 9.99. The third-order valence-corrected chi connectivity index (χ3v) is 5.80. The zero-order chi connectivity index (χ0) is 22.8. The summed E-state index contributed by atoms with van der Waals surface area (Å²) in [6.45, 7) is 6.70. The van der Waals surface area contributed by atoms with Crippen molar-refractivity contribution in [2.75, 3.05) is 20.2 Å². The van der Waals surface area contributed by atoms with Crippen LogP contribution >= 0.6 is 0 Å². The minimum atomic E-state index is -0.0801. The molecule has 1 aliphatic rings. The molecule has 1 aliphatic heterocycles. The molecule has 2 aromatic rings. The van der Waals surface area contributed by atoms with Gasteiger partial charge in [-0.1, -0.05) is 31.1 Å². The van der Waals surface area contributed by atoms with E-state index in [0.717, 1.165) is 49.3 Å². The molecular weight excluding hydrogens is 406 g/mol. The summed E-state index contributed by atoms with van der Waals surface area (Å²) in [5, 5.41) is 13.7. The fraction of sp³-hybridized carbons (Fsp3) is 0.542. The minimum absolute atomic E-state index is 0.0801. The van der Waals surface area contributed by atoms with Crippen LogP contribution in [-0.4, -0.2) is 43.3 Å². The first-order valence-corrected chi connectivity index (χ1v) is 11.5. The summed E-state index contributed by atoms with van der Waals surface area (Å²) in [6.07, 6.45) is 4.29. The summed E-state index contributed by atoms with van der Waals surface area (Å²) in [7, 11) is 1.72. The van der Waals surface area contributed by atoms with Gasteiger partial charge in [0.15, 0.2) is 11.7 Å². The lowest BCUT2D eigenvalue weighted by molar-refractivity contribution is 0.0857. The first-order valence-electron chi connectivity index (χ1n) is 11.5. The summed E-state index contributed by atoms with van der Waals surface area (Å²) < 4.78 is 11.0. The zero-order valence-corrected chi connectivity index (χ0v) is 19.3. The number of hydrogen-bond donors (Lipinski definition) is 3. The highest BCUT2D eigenvalue weighted by molar-refractivity contribution is 5.94. The Morgan fingerprint density at radius 2 is 2.00 bits per heavy atom. The number of benzene rings is 1. The van der Waals surface area contributed by atoms with E-state index in [1.165, 1.54) is 0 Å². The molecule has 3 N–H and O–H groups in total. The third-order valence-electron chi connectivity index (χ3n) is 5.80. The van der Waals surface area contributed by atoms with Crippen LogP contribution in [-0.2, 0) is 17.8 Å². The van der Waals surface area contributed by atoms with Crippen LogP contribution in [0.25, 0.3) is 0 Å². The van der Waals surface area contributed by atoms with Gasteiger partial charge < -0.3 is 25.2 Å². The van der Waals surface area contributed by atoms with Crippen LogP contribution in [0.1, 0.15) is 72.8 Å². The molecule has 174 valence electrons. The first-order chi connectivity index (χ1) is 15.6. The Kier molecular flexibility index (Phi) is 9.10. The number of aromatic nitrogens is 1. The fourth-order valence-corrected chi connectivity index (χ4v) is 3.83. The van der Waals surface area contributed by atoms with Crippen molar-refractivity contribution >= 4 is 11.9 Å². The number of amides is 1. The molecule has 0 aliphatic carbocycles. The molecule has 0 bridgehead atoms. The molecule has 1 amide bonds. The molecule has 8 heteroatoms. The van der Waals surface area contributed by atoms with Gasteiger partial charge in [-0.15, -0.1) is 0 Å². The van der Waals surface area contributed by atoms with Gasteiger partial charge in [0.25, 0.3) is 5.91 Å². The predicted octanol–water partition coefficient (Wildman–Crippen LogP) is 3.35. The summed E-state index contributed by atoms with van der Waals surface area (Å²) in [4.78, 5) is 16.7. The van der Waals surface area contributed by atoms with E-state index in [2.05, 4.69) is 39.9 Å². The van der Waals surface area contributed by atoms with Gasteiger partial charge in [-0.2, -0.15) is 0 Å². The van der Waals surface area contributed by atoms with Crippen LogP contribution in [0.4, 0.5) is 0 Å². The van der Waals surface area contributed by atoms with Gasteiger partial charge in [-0.25, -0.2) is 0 Å². The Balaban J connectivity index is 1.47. The van der Waals surface area contributed by atoms with E-state index in [1.807, 2.05) is 30.3 Å². The quantitative estimate of drug-likeness (QED) is 0.386. The SMILES string of the molecule is CCC(CC)c1cc(CNC(=NC)NCc2cccc(C(=O)NCC3CCCO3)c2)on1. The maximum Gasteiger partial charge on any atom is 0.251 e. The summed E-state index contributed by atoms with van der Waals surface area (Å²) in [5.41, 5.74) is 2.64. The van der Waals surface area contributed by atoms with Gasteiger partial charge in [0.1, 0.15) is 0 Å². The Hall–Kier alpha value is -2.87. The smallest absolute Gasteiger partial charge is 0.251 e. The van der Waals surface area contributed by atoms with Crippen molar-refractivity contribution in [2.24, 2.45) is 4.99 Å². The molecule has 1 fully saturated rings. The molecule has 0 saturated carbocycles. The average Bonchev–Trinajstić information content (AvgIpc) is 3.51. The Morgan fingerprint density at radius 3 is 2.72 bits per heavy atom. The maximum absolute atomic E-state index is 12.5. The van der Waals surface area contributed by atoms with E-state index in [4.69, 9.17) is 9.26 Å². The van der Waals surface area contributed by atoms with Crippen molar-refractivity contribution in [2.45, 2.75) is 64.6 Å². The van der Waals surface area contributed by atoms with Crippen molar-refractivity contribution in [3.63, 3.8) is 0 Å². The molecule has 1 saturated heterocycles. The molecule has 1 aromatic carbocycles. The van der Waals surface area contributed by atoms with E-state index in [1.54, 1.807) is 7.05 Å². The topological polar surface area (TPSA) is 101 Å². The van der Waals surface area contributed by atoms with Crippen molar-refractivity contribution in [3.05, 3.63) is 52.9 Å². The number of ether oxygens (including phenoxy) is 1. The number of nitrogens with one attached hydrogen (secondary N) is 3. The van der Waals surface area contributed by atoms with Crippen LogP contribution in [0.2, 0.25) is 0 Å². The van der Waals surface area contributed by atoms with Crippen molar-refractivity contribution in [3.8, 4) is 0 Å². The minimum Gasteiger partial charge on any atom is -0.376 e. The lowest BCUT2D eigenvalue weighted by Crippen LogP contribution is -2.36. The second kappa shape index (κ2) is 12.2. The standard InChI is InChI=1S/C24H35N5O3/c1-4-18(5-2)22-13-21(32-29-22)16-28-24(25-3)27-14-17-8-6-9-19(12-17)23(30)26-15-20-10-7-11-31-20/h6,8-9,12-13,18,20H,4-5,7,10-11,14-16H2,1-3H3,(H,26,30)(H2,25,27,28). The highest BCUT2D eigenvalue weighted by Crippen LogP contribution is 2.22. The predicted molar refractivity (Wildman–Crippen MR) is 125 cm³/mol. The van der Waals surface area contributed by atoms with Gasteiger partial charge in [-0.05, 0) is 43.4 Å². The molecule has 0 radical (unpaired) electrons. The van der Waals surface area contributed by atoms with Crippen LogP contribution in [0.5, 0.6) is 0 Å². The molecule has 8 nitrogen and oxygen atoms in total. The highest BCUT2D eigenvalue weighted by atomic mass is 16.5. The molecule has 3 rings (SSSR count). The van der Waals surface area contributed by atoms with E-state index in [9.17, 15) is 4.79 Å². The third kappa shape index (κ3) is 6.82. The van der Waals surface area contributed by atoms with E-state index < -0.39 is 0 Å². The molecular formula is C24H35N5O3. The average molecular weight is 442 g/mol. The number of carbonyl (C=O) groups is 1. The zero-order valence-electron chi connectivity index (χ0n) is 19.3. The van der Waals surface area contributed by atoms with E-state index in [-0.39, 0.29) is 12.0 Å². The molecule has 1 unspecified atom stereocenters. The molecule has 0 spiro atoms. The van der Waals surface area contributed by atoms with Crippen molar-refractivity contribution in [1.29, 1.82) is 0 Å². The number of rotatable bonds is 10. The second-order valence-electron chi connectivity index (χ2n) is 8.06. The second-order valence-corrected chi connectivity index (χ2v) is 8.06. The van der Waals surface area contributed by atoms with Gasteiger partial charge >= 0.3 is 0 Å². The summed E-state index contributed by atoms with van der Waals surface area (Å²) in [6, 6.07) is 9.60. The van der Waals surface area contributed by atoms with E-state index in [0.29, 0.717) is 37.1 Å². The molecule has 1 aromatic heterocycles. The maximum atomic E-state index is 12.5. The molecule has 1 atom stereocenters. The van der Waals surface area contributed by atoms with Crippen LogP contribution in [0.3, 0.4) is 0 Å². The fourth-order valence-electron chi connectivity index (χ4n) is 3.83. The van der Waals surface area contributed by atoms with Crippen LogP contribution in [0.15, 0.2) is 39.8 Å². The van der Waals surface area contributed by atoms with Gasteiger partial charge in [0.05, 0.1) is 18.3 Å². The monoisotopic (exact) mass is 441 g/mol. The largest absolute Gasteiger partial charge is 0.376 e. The van der Waals surface area contributed by atoms with E-state index >= 15 is 0 Å². The number of hydrogen-bond acceptors (Lipinski definition) is 5. The van der Waals surface area contributed by atoms with Crippen molar-refractivity contribution < 1.29 is 14.1 Å². The number of aliphatic imine (C=N–C) groups is 1. The molecule has 2 heterocycles. The summed E-state index contributed by atoms with van der Waals surface area (Å²) >= 11 is 0. The number of nitrogens with zero attached hydrogens (tertiary/aromatic N) is 2. The normalized spacial score (nSPS) is 16.4. The Labute approximate surface area is 190 Å². The van der Waals surface area contributed by atoms with Gasteiger partial charge in [0.2, 0.25) is 0 Å². The van der Waals surface area contributed by atoms with Gasteiger partial charge in [-0.3, -0.25) is 9.79 Å².